The summed E-state index contributed by atoms with van der Waals surface area (Å²) in [6.45, 7) is -0.150. The lowest BCUT2D eigenvalue weighted by Crippen LogP contribution is -2.28. The SMILES string of the molecule is O=C(COC(=O)c1ccc2noc(-c3ccccc3)c2c1)NCc1ccco1. The average Bonchev–Trinajstić information content (AvgIpc) is 3.40. The van der Waals surface area contributed by atoms with E-state index in [4.69, 9.17) is 13.7 Å². The van der Waals surface area contributed by atoms with Crippen LogP contribution in [0, 0.1) is 0 Å². The maximum Gasteiger partial charge on any atom is 0.338 e. The first kappa shape index (κ1) is 17.5. The molecule has 1 N–H and O–H groups in total. The lowest BCUT2D eigenvalue weighted by atomic mass is 10.1. The fourth-order valence-corrected chi connectivity index (χ4v) is 2.73. The molecule has 0 saturated heterocycles. The van der Waals surface area contributed by atoms with Crippen molar-refractivity contribution in [3.8, 4) is 11.3 Å². The van der Waals surface area contributed by atoms with Crippen molar-refractivity contribution in [1.82, 2.24) is 10.5 Å². The number of nitrogens with zero attached hydrogens (tertiary/aromatic N) is 1. The van der Waals surface area contributed by atoms with Crippen LogP contribution in [0.1, 0.15) is 16.1 Å². The predicted molar refractivity (Wildman–Crippen MR) is 100 cm³/mol. The second-order valence-corrected chi connectivity index (χ2v) is 6.04. The molecular formula is C21H16N2O5. The first-order chi connectivity index (χ1) is 13.7. The van der Waals surface area contributed by atoms with Gasteiger partial charge in [0.1, 0.15) is 11.3 Å². The van der Waals surface area contributed by atoms with Gasteiger partial charge in [0.05, 0.1) is 23.8 Å². The van der Waals surface area contributed by atoms with Crippen LogP contribution in [0.2, 0.25) is 0 Å². The molecule has 28 heavy (non-hydrogen) atoms. The number of hydrogen-bond acceptors (Lipinski definition) is 6. The maximum atomic E-state index is 12.3. The zero-order valence-corrected chi connectivity index (χ0v) is 14.8. The summed E-state index contributed by atoms with van der Waals surface area (Å²) in [4.78, 5) is 24.2. The number of benzene rings is 2. The molecule has 7 nitrogen and oxygen atoms in total. The monoisotopic (exact) mass is 376 g/mol. The number of amides is 1. The highest BCUT2D eigenvalue weighted by atomic mass is 16.5. The quantitative estimate of drug-likeness (QED) is 0.517. The molecule has 0 saturated carbocycles. The van der Waals surface area contributed by atoms with Gasteiger partial charge in [-0.15, -0.1) is 0 Å². The molecule has 0 fully saturated rings. The van der Waals surface area contributed by atoms with Gasteiger partial charge in [-0.1, -0.05) is 35.5 Å². The first-order valence-electron chi connectivity index (χ1n) is 8.62. The molecule has 4 rings (SSSR count). The fourth-order valence-electron chi connectivity index (χ4n) is 2.73. The average molecular weight is 376 g/mol. The highest BCUT2D eigenvalue weighted by Crippen LogP contribution is 2.29. The summed E-state index contributed by atoms with van der Waals surface area (Å²) in [5.74, 6) is 0.170. The van der Waals surface area contributed by atoms with Crippen molar-refractivity contribution in [3.05, 3.63) is 78.3 Å². The summed E-state index contributed by atoms with van der Waals surface area (Å²) >= 11 is 0. The second kappa shape index (κ2) is 7.79. The van der Waals surface area contributed by atoms with Gasteiger partial charge in [0.2, 0.25) is 0 Å². The Hall–Kier alpha value is -3.87. The molecule has 0 atom stereocenters. The number of fused-ring (bicyclic) bond motifs is 1. The molecule has 0 unspecified atom stereocenters. The topological polar surface area (TPSA) is 94.6 Å². The molecule has 2 heterocycles. The van der Waals surface area contributed by atoms with E-state index in [9.17, 15) is 9.59 Å². The van der Waals surface area contributed by atoms with Crippen LogP contribution in [0.25, 0.3) is 22.2 Å². The number of furan rings is 1. The Balaban J connectivity index is 1.43. The number of ether oxygens (including phenoxy) is 1. The van der Waals surface area contributed by atoms with Gasteiger partial charge in [-0.3, -0.25) is 4.79 Å². The molecule has 7 heteroatoms. The van der Waals surface area contributed by atoms with Crippen LogP contribution in [0.15, 0.2) is 75.9 Å². The van der Waals surface area contributed by atoms with Crippen molar-refractivity contribution in [1.29, 1.82) is 0 Å². The normalized spacial score (nSPS) is 10.7. The van der Waals surface area contributed by atoms with Crippen molar-refractivity contribution < 1.29 is 23.3 Å². The number of carbonyl (C=O) groups is 2. The van der Waals surface area contributed by atoms with E-state index in [1.54, 1.807) is 30.3 Å². The van der Waals surface area contributed by atoms with Crippen molar-refractivity contribution in [2.45, 2.75) is 6.54 Å². The molecule has 2 aromatic heterocycles. The first-order valence-corrected chi connectivity index (χ1v) is 8.62. The van der Waals surface area contributed by atoms with Crippen LogP contribution in [0.4, 0.5) is 0 Å². The van der Waals surface area contributed by atoms with E-state index < -0.39 is 11.9 Å². The smallest absolute Gasteiger partial charge is 0.338 e. The van der Waals surface area contributed by atoms with E-state index in [0.29, 0.717) is 28.0 Å². The van der Waals surface area contributed by atoms with Crippen molar-refractivity contribution in [2.75, 3.05) is 6.61 Å². The highest BCUT2D eigenvalue weighted by Gasteiger charge is 2.15. The third-order valence-corrected chi connectivity index (χ3v) is 4.12. The van der Waals surface area contributed by atoms with Crippen molar-refractivity contribution in [2.24, 2.45) is 0 Å². The van der Waals surface area contributed by atoms with E-state index in [-0.39, 0.29) is 13.2 Å². The van der Waals surface area contributed by atoms with Crippen LogP contribution in [-0.2, 0) is 16.1 Å². The summed E-state index contributed by atoms with van der Waals surface area (Å²) in [6, 6.07) is 17.9. The highest BCUT2D eigenvalue weighted by molar-refractivity contribution is 5.99. The number of esters is 1. The summed E-state index contributed by atoms with van der Waals surface area (Å²) < 4.78 is 15.6. The Bertz CT molecular complexity index is 1100. The van der Waals surface area contributed by atoms with Gasteiger partial charge < -0.3 is 19.0 Å². The Kier molecular flexibility index (Phi) is 4.88. The summed E-state index contributed by atoms with van der Waals surface area (Å²) in [7, 11) is 0. The zero-order valence-electron chi connectivity index (χ0n) is 14.8. The number of carbonyl (C=O) groups excluding carboxylic acids is 2. The third-order valence-electron chi connectivity index (χ3n) is 4.12. The second-order valence-electron chi connectivity index (χ2n) is 6.04. The summed E-state index contributed by atoms with van der Waals surface area (Å²) in [6.07, 6.45) is 1.52. The van der Waals surface area contributed by atoms with Crippen LogP contribution in [-0.4, -0.2) is 23.6 Å². The number of rotatable bonds is 6. The van der Waals surface area contributed by atoms with E-state index >= 15 is 0 Å². The minimum atomic E-state index is -0.602. The van der Waals surface area contributed by atoms with Gasteiger partial charge in [-0.05, 0) is 30.3 Å². The van der Waals surface area contributed by atoms with Gasteiger partial charge in [-0.25, -0.2) is 4.79 Å². The van der Waals surface area contributed by atoms with E-state index in [1.165, 1.54) is 6.26 Å². The van der Waals surface area contributed by atoms with Crippen molar-refractivity contribution in [3.63, 3.8) is 0 Å². The summed E-state index contributed by atoms with van der Waals surface area (Å²) in [5.41, 5.74) is 1.80. The Morgan fingerprint density at radius 1 is 1.04 bits per heavy atom. The number of aromatic nitrogens is 1. The van der Waals surface area contributed by atoms with Gasteiger partial charge >= 0.3 is 5.97 Å². The molecule has 4 aromatic rings. The van der Waals surface area contributed by atoms with E-state index in [0.717, 1.165) is 5.56 Å². The molecule has 2 aromatic carbocycles. The van der Waals surface area contributed by atoms with Crippen LogP contribution in [0.5, 0.6) is 0 Å². The molecular weight excluding hydrogens is 360 g/mol. The van der Waals surface area contributed by atoms with Crippen LogP contribution < -0.4 is 5.32 Å². The third kappa shape index (κ3) is 3.78. The number of nitrogens with one attached hydrogen (secondary N) is 1. The maximum absolute atomic E-state index is 12.3. The Morgan fingerprint density at radius 3 is 2.68 bits per heavy atom. The minimum absolute atomic E-state index is 0.233. The van der Waals surface area contributed by atoms with Crippen LogP contribution >= 0.6 is 0 Å². The zero-order chi connectivity index (χ0) is 19.3. The number of hydrogen-bond donors (Lipinski definition) is 1. The molecule has 0 aliphatic rings. The van der Waals surface area contributed by atoms with E-state index in [2.05, 4.69) is 10.5 Å². The summed E-state index contributed by atoms with van der Waals surface area (Å²) in [5, 5.41) is 7.33. The lowest BCUT2D eigenvalue weighted by Gasteiger charge is -2.06. The standard InChI is InChI=1S/C21H16N2O5/c24-19(22-12-16-7-4-10-26-16)13-27-21(25)15-8-9-18-17(11-15)20(28-23-18)14-5-2-1-3-6-14/h1-11H,12-13H2,(H,22,24). The van der Waals surface area contributed by atoms with E-state index in [1.807, 2.05) is 30.3 Å². The molecule has 0 radical (unpaired) electrons. The van der Waals surface area contributed by atoms with Gasteiger partial charge in [-0.2, -0.15) is 0 Å². The Labute approximate surface area is 159 Å². The lowest BCUT2D eigenvalue weighted by molar-refractivity contribution is -0.124. The van der Waals surface area contributed by atoms with Crippen LogP contribution in [0.3, 0.4) is 0 Å². The Morgan fingerprint density at radius 2 is 1.89 bits per heavy atom. The van der Waals surface area contributed by atoms with Crippen molar-refractivity contribution >= 4 is 22.8 Å². The molecule has 0 spiro atoms. The van der Waals surface area contributed by atoms with Gasteiger partial charge in [0.15, 0.2) is 12.4 Å². The molecule has 140 valence electrons. The van der Waals surface area contributed by atoms with Gasteiger partial charge in [0.25, 0.3) is 5.91 Å². The molecule has 1 amide bonds. The molecule has 0 bridgehead atoms. The molecule has 0 aliphatic heterocycles. The fraction of sp³-hybridized carbons (Fsp3) is 0.0952. The predicted octanol–water partition coefficient (Wildman–Crippen LogP) is 3.56. The largest absolute Gasteiger partial charge is 0.467 e. The minimum Gasteiger partial charge on any atom is -0.467 e. The molecule has 0 aliphatic carbocycles. The van der Waals surface area contributed by atoms with Gasteiger partial charge in [0, 0.05) is 5.56 Å².